The second kappa shape index (κ2) is 3.65. The number of alkyl halides is 6. The van der Waals surface area contributed by atoms with Crippen LogP contribution in [-0.2, 0) is 0 Å². The molecule has 0 radical (unpaired) electrons. The highest BCUT2D eigenvalue weighted by Gasteiger charge is 2.75. The molecule has 0 saturated carbocycles. The first-order valence-corrected chi connectivity index (χ1v) is 4.25. The quantitative estimate of drug-likeness (QED) is 0.707. The highest BCUT2D eigenvalue weighted by molar-refractivity contribution is 5.66. The Kier molecular flexibility index (Phi) is 2.98. The average molecular weight is 267 g/mol. The molecule has 0 aromatic heterocycles. The Balaban J connectivity index is 2.93. The minimum absolute atomic E-state index is 0.354. The fourth-order valence-electron chi connectivity index (χ4n) is 1.52. The van der Waals surface area contributed by atoms with Crippen LogP contribution in [0.5, 0.6) is 0 Å². The molecule has 0 aliphatic carbocycles. The van der Waals surface area contributed by atoms with E-state index >= 15 is 0 Å². The Morgan fingerprint density at radius 1 is 1.06 bits per heavy atom. The fraction of sp³-hybridized carbons (Fsp3) is 0.857. The van der Waals surface area contributed by atoms with Crippen molar-refractivity contribution >= 4 is 6.09 Å². The van der Waals surface area contributed by atoms with Crippen LogP contribution in [0, 0.1) is 5.92 Å². The molecule has 0 spiro atoms. The highest BCUT2D eigenvalue weighted by atomic mass is 19.4. The molecule has 0 aromatic carbocycles. The minimum atomic E-state index is -5.90. The normalized spacial score (nSPS) is 19.1. The van der Waals surface area contributed by atoms with E-state index < -0.39 is 43.1 Å². The molecule has 1 rings (SSSR count). The zero-order chi connectivity index (χ0) is 13.6. The van der Waals surface area contributed by atoms with Crippen LogP contribution in [0.25, 0.3) is 0 Å². The predicted molar refractivity (Wildman–Crippen MR) is 40.1 cm³/mol. The van der Waals surface area contributed by atoms with Crippen molar-refractivity contribution in [3.05, 3.63) is 0 Å². The fourth-order valence-corrected chi connectivity index (χ4v) is 1.52. The number of carbonyl (C=O) groups is 1. The van der Waals surface area contributed by atoms with Gasteiger partial charge in [0.05, 0.1) is 0 Å². The van der Waals surface area contributed by atoms with Gasteiger partial charge in [-0.3, -0.25) is 0 Å². The molecule has 4 nitrogen and oxygen atoms in total. The summed E-state index contributed by atoms with van der Waals surface area (Å²) in [5.74, 6) is -2.24. The monoisotopic (exact) mass is 267 g/mol. The van der Waals surface area contributed by atoms with E-state index in [1.54, 1.807) is 0 Å². The molecule has 2 N–H and O–H groups in total. The van der Waals surface area contributed by atoms with Gasteiger partial charge in [0.2, 0.25) is 0 Å². The van der Waals surface area contributed by atoms with Crippen molar-refractivity contribution in [1.29, 1.82) is 0 Å². The summed E-state index contributed by atoms with van der Waals surface area (Å²) in [6.45, 7) is -2.02. The summed E-state index contributed by atoms with van der Waals surface area (Å²) in [4.78, 5) is 10.6. The summed E-state index contributed by atoms with van der Waals surface area (Å²) >= 11 is 0. The maximum Gasteiger partial charge on any atom is 0.426 e. The zero-order valence-corrected chi connectivity index (χ0v) is 8.01. The van der Waals surface area contributed by atoms with Gasteiger partial charge in [0, 0.05) is 19.0 Å². The number of nitrogens with zero attached hydrogens (tertiary/aromatic N) is 1. The Bertz CT molecular complexity index is 305. The molecule has 1 aliphatic rings. The smallest absolute Gasteiger partial charge is 0.426 e. The van der Waals surface area contributed by atoms with E-state index in [1.807, 2.05) is 0 Å². The number of halogens is 6. The van der Waals surface area contributed by atoms with Crippen molar-refractivity contribution < 1.29 is 41.4 Å². The van der Waals surface area contributed by atoms with E-state index in [2.05, 4.69) is 0 Å². The summed E-state index contributed by atoms with van der Waals surface area (Å²) in [6, 6.07) is 0. The van der Waals surface area contributed by atoms with Gasteiger partial charge >= 0.3 is 18.4 Å². The lowest BCUT2D eigenvalue weighted by Crippen LogP contribution is -2.70. The van der Waals surface area contributed by atoms with Gasteiger partial charge < -0.3 is 15.1 Å². The van der Waals surface area contributed by atoms with Crippen molar-refractivity contribution in [2.45, 2.75) is 18.0 Å². The number of amides is 1. The molecule has 1 fully saturated rings. The number of hydrogen-bond donors (Lipinski definition) is 2. The SMILES string of the molecule is O=C(O)N1CC(C(O)(C(F)(F)F)C(F)(F)F)C1. The van der Waals surface area contributed by atoms with Crippen LogP contribution in [0.4, 0.5) is 31.1 Å². The molecular weight excluding hydrogens is 260 g/mol. The van der Waals surface area contributed by atoms with Crippen molar-refractivity contribution in [2.75, 3.05) is 13.1 Å². The third-order valence-corrected chi connectivity index (χ3v) is 2.61. The molecule has 1 aliphatic heterocycles. The van der Waals surface area contributed by atoms with Crippen molar-refractivity contribution in [3.8, 4) is 0 Å². The first-order chi connectivity index (χ1) is 7.41. The minimum Gasteiger partial charge on any atom is -0.465 e. The second-order valence-electron chi connectivity index (χ2n) is 3.65. The molecule has 1 heterocycles. The van der Waals surface area contributed by atoms with Crippen molar-refractivity contribution in [3.63, 3.8) is 0 Å². The van der Waals surface area contributed by atoms with Crippen LogP contribution < -0.4 is 0 Å². The summed E-state index contributed by atoms with van der Waals surface area (Å²) in [7, 11) is 0. The van der Waals surface area contributed by atoms with E-state index in [0.717, 1.165) is 0 Å². The molecule has 10 heteroatoms. The van der Waals surface area contributed by atoms with Crippen molar-refractivity contribution in [1.82, 2.24) is 4.90 Å². The van der Waals surface area contributed by atoms with Crippen LogP contribution in [0.3, 0.4) is 0 Å². The summed E-state index contributed by atoms with van der Waals surface area (Å²) in [5, 5.41) is 17.1. The lowest BCUT2D eigenvalue weighted by molar-refractivity contribution is -0.392. The highest BCUT2D eigenvalue weighted by Crippen LogP contribution is 2.50. The molecule has 0 aromatic rings. The lowest BCUT2D eigenvalue weighted by Gasteiger charge is -2.47. The Morgan fingerprint density at radius 3 is 1.65 bits per heavy atom. The maximum absolute atomic E-state index is 12.3. The standard InChI is InChI=1S/C7H7F6NO3/c8-6(9,10)5(17,7(11,12)13)3-1-14(2-3)4(15)16/h3,17H,1-2H2,(H,15,16). The van der Waals surface area contributed by atoms with Crippen LogP contribution in [-0.4, -0.2) is 52.2 Å². The van der Waals surface area contributed by atoms with Crippen LogP contribution in [0.2, 0.25) is 0 Å². The Morgan fingerprint density at radius 2 is 1.41 bits per heavy atom. The number of rotatable bonds is 1. The number of hydrogen-bond acceptors (Lipinski definition) is 2. The molecule has 0 unspecified atom stereocenters. The van der Waals surface area contributed by atoms with E-state index in [1.165, 1.54) is 0 Å². The third-order valence-electron chi connectivity index (χ3n) is 2.61. The molecule has 0 atom stereocenters. The van der Waals surface area contributed by atoms with Gasteiger partial charge in [-0.1, -0.05) is 0 Å². The van der Waals surface area contributed by atoms with Crippen LogP contribution >= 0.6 is 0 Å². The van der Waals surface area contributed by atoms with Crippen molar-refractivity contribution in [2.24, 2.45) is 5.92 Å². The molecule has 1 amide bonds. The van der Waals surface area contributed by atoms with Crippen LogP contribution in [0.1, 0.15) is 0 Å². The topological polar surface area (TPSA) is 60.8 Å². The van der Waals surface area contributed by atoms with Gasteiger partial charge in [-0.05, 0) is 0 Å². The molecule has 100 valence electrons. The number of carboxylic acid groups (broad SMARTS) is 1. The van der Waals surface area contributed by atoms with Gasteiger partial charge in [0.25, 0.3) is 5.60 Å². The maximum atomic E-state index is 12.3. The van der Waals surface area contributed by atoms with Gasteiger partial charge in [-0.25, -0.2) is 4.79 Å². The van der Waals surface area contributed by atoms with Gasteiger partial charge in [0.15, 0.2) is 0 Å². The first kappa shape index (κ1) is 13.9. The number of likely N-dealkylation sites (tertiary alicyclic amines) is 1. The van der Waals surface area contributed by atoms with E-state index in [0.29, 0.717) is 4.90 Å². The second-order valence-corrected chi connectivity index (χ2v) is 3.65. The van der Waals surface area contributed by atoms with E-state index in [-0.39, 0.29) is 0 Å². The summed E-state index contributed by atoms with van der Waals surface area (Å²) in [5.41, 5.74) is -4.87. The lowest BCUT2D eigenvalue weighted by atomic mass is 9.80. The van der Waals surface area contributed by atoms with Gasteiger partial charge in [-0.2, -0.15) is 26.3 Å². The first-order valence-electron chi connectivity index (χ1n) is 4.25. The largest absolute Gasteiger partial charge is 0.465 e. The van der Waals surface area contributed by atoms with Gasteiger partial charge in [-0.15, -0.1) is 0 Å². The predicted octanol–water partition coefficient (Wildman–Crippen LogP) is 1.45. The summed E-state index contributed by atoms with van der Waals surface area (Å²) in [6.07, 6.45) is -13.4. The molecular formula is C7H7F6NO3. The molecule has 0 bridgehead atoms. The van der Waals surface area contributed by atoms with Gasteiger partial charge in [0.1, 0.15) is 0 Å². The average Bonchev–Trinajstić information content (AvgIpc) is 1.95. The third kappa shape index (κ3) is 2.01. The molecule has 17 heavy (non-hydrogen) atoms. The zero-order valence-electron chi connectivity index (χ0n) is 8.01. The summed E-state index contributed by atoms with van der Waals surface area (Å²) < 4.78 is 73.6. The van der Waals surface area contributed by atoms with E-state index in [4.69, 9.17) is 10.2 Å². The Hall–Kier alpha value is -1.19. The number of aliphatic hydroxyl groups is 1. The Labute approximate surface area is 90.4 Å². The molecule has 1 saturated heterocycles. The van der Waals surface area contributed by atoms with E-state index in [9.17, 15) is 31.1 Å². The van der Waals surface area contributed by atoms with Crippen LogP contribution in [0.15, 0.2) is 0 Å².